The molecule has 0 aromatic heterocycles. The predicted molar refractivity (Wildman–Crippen MR) is 98.0 cm³/mol. The molecule has 0 radical (unpaired) electrons. The van der Waals surface area contributed by atoms with E-state index in [4.69, 9.17) is 0 Å². The molecule has 0 aliphatic rings. The molecule has 2 N–H and O–H groups in total. The lowest BCUT2D eigenvalue weighted by Gasteiger charge is -2.08. The molecule has 9 heteroatoms. The molecule has 1 amide bonds. The summed E-state index contributed by atoms with van der Waals surface area (Å²) in [6.07, 6.45) is 0. The summed E-state index contributed by atoms with van der Waals surface area (Å²) < 4.78 is 49.4. The molecule has 2 aromatic rings. The lowest BCUT2D eigenvalue weighted by molar-refractivity contribution is 0.0951. The van der Waals surface area contributed by atoms with Crippen LogP contribution in [0.25, 0.3) is 0 Å². The molecule has 0 atom stereocenters. The lowest BCUT2D eigenvalue weighted by Crippen LogP contribution is -2.23. The molecule has 2 rings (SSSR count). The van der Waals surface area contributed by atoms with Crippen molar-refractivity contribution in [3.05, 3.63) is 59.7 Å². The highest BCUT2D eigenvalue weighted by Gasteiger charge is 2.14. The number of benzene rings is 2. The van der Waals surface area contributed by atoms with Crippen molar-refractivity contribution in [1.82, 2.24) is 10.0 Å². The van der Waals surface area contributed by atoms with Crippen molar-refractivity contribution in [2.45, 2.75) is 23.3 Å². The third-order valence-corrected chi connectivity index (χ3v) is 6.95. The number of hydrogen-bond acceptors (Lipinski definition) is 5. The number of amides is 1. The molecule has 0 aliphatic carbocycles. The summed E-state index contributed by atoms with van der Waals surface area (Å²) in [5, 5.41) is 2.68. The number of sulfone groups is 1. The van der Waals surface area contributed by atoms with Gasteiger partial charge in [0.1, 0.15) is 0 Å². The molecule has 7 nitrogen and oxygen atoms in total. The molecule has 0 bridgehead atoms. The van der Waals surface area contributed by atoms with Crippen LogP contribution >= 0.6 is 0 Å². The summed E-state index contributed by atoms with van der Waals surface area (Å²) in [6, 6.07) is 11.9. The van der Waals surface area contributed by atoms with Gasteiger partial charge in [-0.25, -0.2) is 21.6 Å². The number of hydrogen-bond donors (Lipinski definition) is 2. The summed E-state index contributed by atoms with van der Waals surface area (Å²) in [4.78, 5) is 12.5. The lowest BCUT2D eigenvalue weighted by atomic mass is 10.2. The van der Waals surface area contributed by atoms with E-state index < -0.39 is 19.9 Å². The topological polar surface area (TPSA) is 109 Å². The second-order valence-corrected chi connectivity index (χ2v) is 9.63. The molecule has 0 fully saturated rings. The Labute approximate surface area is 153 Å². The maximum Gasteiger partial charge on any atom is 0.251 e. The summed E-state index contributed by atoms with van der Waals surface area (Å²) in [6.45, 7) is 1.69. The highest BCUT2D eigenvalue weighted by molar-refractivity contribution is 7.91. The van der Waals surface area contributed by atoms with Crippen molar-refractivity contribution in [3.63, 3.8) is 0 Å². The maximum atomic E-state index is 12.2. The van der Waals surface area contributed by atoms with Crippen LogP contribution in [-0.2, 0) is 26.4 Å². The quantitative estimate of drug-likeness (QED) is 0.734. The third-order valence-electron chi connectivity index (χ3n) is 3.79. The van der Waals surface area contributed by atoms with E-state index in [9.17, 15) is 21.6 Å². The summed E-state index contributed by atoms with van der Waals surface area (Å²) >= 11 is 0. The molecule has 0 saturated heterocycles. The monoisotopic (exact) mass is 396 g/mol. The average Bonchev–Trinajstić information content (AvgIpc) is 2.66. The van der Waals surface area contributed by atoms with Crippen molar-refractivity contribution >= 4 is 25.8 Å². The molecule has 0 saturated carbocycles. The second kappa shape index (κ2) is 7.98. The first-order valence-corrected chi connectivity index (χ1v) is 11.0. The minimum atomic E-state index is -3.55. The predicted octanol–water partition coefficient (Wildman–Crippen LogP) is 1.32. The molecular formula is C17H20N2O5S2. The molecule has 140 valence electrons. The van der Waals surface area contributed by atoms with Gasteiger partial charge in [0.05, 0.1) is 15.5 Å². The van der Waals surface area contributed by atoms with Gasteiger partial charge in [0.25, 0.3) is 5.91 Å². The van der Waals surface area contributed by atoms with Crippen LogP contribution in [0.4, 0.5) is 0 Å². The molecule has 2 aromatic carbocycles. The van der Waals surface area contributed by atoms with Crippen LogP contribution < -0.4 is 10.0 Å². The van der Waals surface area contributed by atoms with Crippen molar-refractivity contribution in [2.24, 2.45) is 0 Å². The Bertz CT molecular complexity index is 998. The van der Waals surface area contributed by atoms with Crippen LogP contribution in [0, 0.1) is 0 Å². The standard InChI is InChI=1S/C17H20N2O5S2/c1-3-25(21,22)15-9-7-14(8-10-15)17(20)19-12-13-5-4-6-16(11-13)26(23,24)18-2/h4-11,18H,3,12H2,1-2H3,(H,19,20). The number of nitrogens with one attached hydrogen (secondary N) is 2. The largest absolute Gasteiger partial charge is 0.348 e. The smallest absolute Gasteiger partial charge is 0.251 e. The van der Waals surface area contributed by atoms with Crippen LogP contribution in [0.1, 0.15) is 22.8 Å². The van der Waals surface area contributed by atoms with E-state index in [0.29, 0.717) is 11.1 Å². The van der Waals surface area contributed by atoms with Gasteiger partial charge in [0.2, 0.25) is 10.0 Å². The molecule has 26 heavy (non-hydrogen) atoms. The fourth-order valence-electron chi connectivity index (χ4n) is 2.21. The van der Waals surface area contributed by atoms with Gasteiger partial charge in [-0.3, -0.25) is 4.79 Å². The van der Waals surface area contributed by atoms with E-state index in [2.05, 4.69) is 10.0 Å². The van der Waals surface area contributed by atoms with Crippen molar-refractivity contribution in [2.75, 3.05) is 12.8 Å². The molecule has 0 spiro atoms. The zero-order valence-electron chi connectivity index (χ0n) is 14.4. The molecular weight excluding hydrogens is 376 g/mol. The maximum absolute atomic E-state index is 12.2. The van der Waals surface area contributed by atoms with Gasteiger partial charge in [0.15, 0.2) is 9.84 Å². The minimum absolute atomic E-state index is 0.00952. The fourth-order valence-corrected chi connectivity index (χ4v) is 3.89. The highest BCUT2D eigenvalue weighted by atomic mass is 32.2. The Morgan fingerprint density at radius 1 is 0.962 bits per heavy atom. The van der Waals surface area contributed by atoms with E-state index >= 15 is 0 Å². The van der Waals surface area contributed by atoms with Gasteiger partial charge in [-0.15, -0.1) is 0 Å². The summed E-state index contributed by atoms with van der Waals surface area (Å²) in [7, 11) is -5.54. The highest BCUT2D eigenvalue weighted by Crippen LogP contribution is 2.13. The molecule has 0 heterocycles. The van der Waals surface area contributed by atoms with Gasteiger partial charge in [0, 0.05) is 12.1 Å². The summed E-state index contributed by atoms with van der Waals surface area (Å²) in [5.41, 5.74) is 0.943. The minimum Gasteiger partial charge on any atom is -0.348 e. The van der Waals surface area contributed by atoms with Crippen molar-refractivity contribution < 1.29 is 21.6 Å². The first kappa shape index (κ1) is 20.1. The van der Waals surface area contributed by atoms with Crippen LogP contribution in [0.3, 0.4) is 0 Å². The van der Waals surface area contributed by atoms with Crippen LogP contribution in [0.15, 0.2) is 58.3 Å². The summed E-state index contributed by atoms with van der Waals surface area (Å²) in [5.74, 6) is -0.392. The van der Waals surface area contributed by atoms with Gasteiger partial charge >= 0.3 is 0 Å². The van der Waals surface area contributed by atoms with Gasteiger partial charge < -0.3 is 5.32 Å². The van der Waals surface area contributed by atoms with Crippen LogP contribution in [0.2, 0.25) is 0 Å². The van der Waals surface area contributed by atoms with E-state index in [1.165, 1.54) is 43.4 Å². The SMILES string of the molecule is CCS(=O)(=O)c1ccc(C(=O)NCc2cccc(S(=O)(=O)NC)c2)cc1. The third kappa shape index (κ3) is 4.69. The van der Waals surface area contributed by atoms with E-state index in [1.807, 2.05) is 0 Å². The van der Waals surface area contributed by atoms with Gasteiger partial charge in [-0.2, -0.15) is 0 Å². The second-order valence-electron chi connectivity index (χ2n) is 5.47. The Morgan fingerprint density at radius 3 is 2.19 bits per heavy atom. The molecule has 0 aliphatic heterocycles. The van der Waals surface area contributed by atoms with E-state index in [1.54, 1.807) is 19.1 Å². The van der Waals surface area contributed by atoms with Crippen LogP contribution in [-0.4, -0.2) is 35.5 Å². The number of sulfonamides is 1. The molecule has 0 unspecified atom stereocenters. The fraction of sp³-hybridized carbons (Fsp3) is 0.235. The Hall–Kier alpha value is -2.23. The Balaban J connectivity index is 2.09. The number of carbonyl (C=O) groups excluding carboxylic acids is 1. The van der Waals surface area contributed by atoms with Gasteiger partial charge in [-0.1, -0.05) is 19.1 Å². The average molecular weight is 396 g/mol. The number of rotatable bonds is 7. The van der Waals surface area contributed by atoms with Crippen molar-refractivity contribution in [3.8, 4) is 0 Å². The van der Waals surface area contributed by atoms with E-state index in [-0.39, 0.29) is 28.0 Å². The van der Waals surface area contributed by atoms with Gasteiger partial charge in [-0.05, 0) is 49.0 Å². The zero-order chi connectivity index (χ0) is 19.4. The first-order chi connectivity index (χ1) is 12.2. The zero-order valence-corrected chi connectivity index (χ0v) is 16.0. The Morgan fingerprint density at radius 2 is 1.62 bits per heavy atom. The Kier molecular flexibility index (Phi) is 6.17. The van der Waals surface area contributed by atoms with E-state index in [0.717, 1.165) is 0 Å². The van der Waals surface area contributed by atoms with Crippen molar-refractivity contribution in [1.29, 1.82) is 0 Å². The first-order valence-electron chi connectivity index (χ1n) is 7.83. The van der Waals surface area contributed by atoms with Crippen LogP contribution in [0.5, 0.6) is 0 Å². The number of carbonyl (C=O) groups is 1. The normalized spacial score (nSPS) is 11.9.